The Kier molecular flexibility index (Phi) is 48.5. The van der Waals surface area contributed by atoms with Crippen molar-refractivity contribution in [2.75, 3.05) is 13.2 Å². The molecule has 0 fully saturated rings. The molecule has 0 aromatic rings. The second-order valence-electron chi connectivity index (χ2n) is 16.7. The van der Waals surface area contributed by atoms with E-state index in [4.69, 9.17) is 14.2 Å². The lowest BCUT2D eigenvalue weighted by Gasteiger charge is -2.18. The fourth-order valence-corrected chi connectivity index (χ4v) is 6.76. The first-order chi connectivity index (χ1) is 31.5. The summed E-state index contributed by atoms with van der Waals surface area (Å²) < 4.78 is 16.8. The molecule has 0 radical (unpaired) electrons. The Balaban J connectivity index is 4.43. The lowest BCUT2D eigenvalue weighted by atomic mass is 10.1. The van der Waals surface area contributed by atoms with Gasteiger partial charge in [0.15, 0.2) is 6.10 Å². The molecular weight excluding hydrogens is 793 g/mol. The van der Waals surface area contributed by atoms with E-state index < -0.39 is 6.10 Å². The first kappa shape index (κ1) is 60.1. The topological polar surface area (TPSA) is 78.9 Å². The molecule has 1 atom stereocenters. The second kappa shape index (κ2) is 51.7. The smallest absolute Gasteiger partial charge is 0.306 e. The Labute approximate surface area is 393 Å². The summed E-state index contributed by atoms with van der Waals surface area (Å²) in [5, 5.41) is 0. The van der Waals surface area contributed by atoms with Crippen LogP contribution < -0.4 is 0 Å². The van der Waals surface area contributed by atoms with Gasteiger partial charge in [-0.1, -0.05) is 207 Å². The summed E-state index contributed by atoms with van der Waals surface area (Å²) in [5.74, 6) is -0.942. The van der Waals surface area contributed by atoms with Crippen molar-refractivity contribution in [2.24, 2.45) is 0 Å². The van der Waals surface area contributed by atoms with Crippen LogP contribution in [-0.4, -0.2) is 37.2 Å². The Morgan fingerprint density at radius 2 is 0.641 bits per heavy atom. The summed E-state index contributed by atoms with van der Waals surface area (Å²) in [6.45, 7) is 6.24. The molecule has 0 bridgehead atoms. The van der Waals surface area contributed by atoms with Crippen molar-refractivity contribution in [3.63, 3.8) is 0 Å². The van der Waals surface area contributed by atoms with Gasteiger partial charge in [0.1, 0.15) is 13.2 Å². The molecule has 0 heterocycles. The van der Waals surface area contributed by atoms with Crippen molar-refractivity contribution in [3.05, 3.63) is 109 Å². The van der Waals surface area contributed by atoms with Crippen LogP contribution in [0, 0.1) is 0 Å². The molecule has 64 heavy (non-hydrogen) atoms. The minimum absolute atomic E-state index is 0.0973. The van der Waals surface area contributed by atoms with Gasteiger partial charge >= 0.3 is 17.9 Å². The lowest BCUT2D eigenvalue weighted by molar-refractivity contribution is -0.167. The normalized spacial score (nSPS) is 13.0. The van der Waals surface area contributed by atoms with Gasteiger partial charge in [0.25, 0.3) is 0 Å². The molecule has 0 aliphatic carbocycles. The van der Waals surface area contributed by atoms with Crippen molar-refractivity contribution in [1.29, 1.82) is 0 Å². The average molecular weight is 887 g/mol. The van der Waals surface area contributed by atoms with Gasteiger partial charge in [0.05, 0.1) is 0 Å². The van der Waals surface area contributed by atoms with Crippen molar-refractivity contribution in [1.82, 2.24) is 0 Å². The first-order valence-electron chi connectivity index (χ1n) is 25.9. The average Bonchev–Trinajstić information content (AvgIpc) is 3.29. The number of unbranched alkanes of at least 4 members (excludes halogenated alkanes) is 18. The van der Waals surface area contributed by atoms with Crippen LogP contribution in [0.5, 0.6) is 0 Å². The van der Waals surface area contributed by atoms with Gasteiger partial charge in [0.2, 0.25) is 0 Å². The minimum atomic E-state index is -0.798. The van der Waals surface area contributed by atoms with E-state index in [1.54, 1.807) is 0 Å². The molecule has 0 saturated carbocycles. The number of rotatable bonds is 45. The fraction of sp³-hybridized carbons (Fsp3) is 0.638. The predicted molar refractivity (Wildman–Crippen MR) is 274 cm³/mol. The zero-order chi connectivity index (χ0) is 46.5. The maximum atomic E-state index is 12.8. The molecule has 0 aliphatic heterocycles. The fourth-order valence-electron chi connectivity index (χ4n) is 6.76. The number of hydrogen-bond donors (Lipinski definition) is 0. The van der Waals surface area contributed by atoms with Crippen LogP contribution in [0.2, 0.25) is 0 Å². The zero-order valence-electron chi connectivity index (χ0n) is 41.3. The maximum absolute atomic E-state index is 12.8. The lowest BCUT2D eigenvalue weighted by Crippen LogP contribution is -2.30. The highest BCUT2D eigenvalue weighted by molar-refractivity contribution is 5.71. The minimum Gasteiger partial charge on any atom is -0.462 e. The molecule has 0 aliphatic rings. The molecule has 6 nitrogen and oxygen atoms in total. The van der Waals surface area contributed by atoms with Crippen molar-refractivity contribution in [2.45, 2.75) is 226 Å². The van der Waals surface area contributed by atoms with Crippen molar-refractivity contribution in [3.8, 4) is 0 Å². The summed E-state index contributed by atoms with van der Waals surface area (Å²) in [5.41, 5.74) is 0. The SMILES string of the molecule is CC\C=C/C=C\C=C/CCCCCCCCCC(=O)OC(COC(=O)CCCCCCC/C=C\C/C=C\CC)COC(=O)CCCCCCCC/C=C\C/C=C\C/C=C\C/C=C\CC. The molecule has 0 aromatic carbocycles. The number of carbonyl (C=O) groups excluding carboxylic acids is 3. The highest BCUT2D eigenvalue weighted by Crippen LogP contribution is 2.14. The van der Waals surface area contributed by atoms with E-state index in [0.717, 1.165) is 148 Å². The van der Waals surface area contributed by atoms with Crippen LogP contribution in [0.25, 0.3) is 0 Å². The van der Waals surface area contributed by atoms with E-state index in [-0.39, 0.29) is 31.1 Å². The third kappa shape index (κ3) is 49.1. The van der Waals surface area contributed by atoms with Crippen molar-refractivity contribution >= 4 is 17.9 Å². The van der Waals surface area contributed by atoms with E-state index in [0.29, 0.717) is 19.3 Å². The number of esters is 3. The molecule has 6 heteroatoms. The predicted octanol–water partition coefficient (Wildman–Crippen LogP) is 17.1. The summed E-state index contributed by atoms with van der Waals surface area (Å²) in [6.07, 6.45) is 69.3. The standard InChI is InChI=1S/C58H94O6/c1-4-7-10-13-16-19-22-25-27-28-29-30-32-33-36-39-42-45-48-51-57(60)63-54-55(53-62-56(59)50-47-44-41-38-35-24-21-18-15-12-9-6-3)64-58(61)52-49-46-43-40-37-34-31-26-23-20-17-14-11-8-5-2/h7-12,14,16-21,23,25,27,29-30,55H,4-6,13,15,22,24,26,28,31-54H2,1-3H3/b10-7-,11-8-,12-9-,17-14-,19-16-,21-18-,23-20-,27-25-,30-29-. The molecule has 0 saturated heterocycles. The van der Waals surface area contributed by atoms with E-state index in [1.165, 1.54) is 32.1 Å². The number of ether oxygens (including phenoxy) is 3. The van der Waals surface area contributed by atoms with Gasteiger partial charge in [-0.15, -0.1) is 0 Å². The molecule has 0 aromatic heterocycles. The van der Waals surface area contributed by atoms with E-state index >= 15 is 0 Å². The third-order valence-electron chi connectivity index (χ3n) is 10.6. The molecule has 362 valence electrons. The highest BCUT2D eigenvalue weighted by Gasteiger charge is 2.19. The van der Waals surface area contributed by atoms with Gasteiger partial charge in [-0.3, -0.25) is 14.4 Å². The van der Waals surface area contributed by atoms with Gasteiger partial charge in [-0.05, 0) is 103 Å². The Hall–Kier alpha value is -3.93. The van der Waals surface area contributed by atoms with Crippen LogP contribution >= 0.6 is 0 Å². The van der Waals surface area contributed by atoms with Crippen LogP contribution in [0.15, 0.2) is 109 Å². The van der Waals surface area contributed by atoms with E-state index in [9.17, 15) is 14.4 Å². The van der Waals surface area contributed by atoms with Gasteiger partial charge in [0, 0.05) is 19.3 Å². The van der Waals surface area contributed by atoms with Gasteiger partial charge < -0.3 is 14.2 Å². The molecule has 0 amide bonds. The van der Waals surface area contributed by atoms with Crippen LogP contribution in [0.3, 0.4) is 0 Å². The van der Waals surface area contributed by atoms with Gasteiger partial charge in [-0.25, -0.2) is 0 Å². The highest BCUT2D eigenvalue weighted by atomic mass is 16.6. The van der Waals surface area contributed by atoms with Crippen LogP contribution in [-0.2, 0) is 28.6 Å². The number of carbonyl (C=O) groups is 3. The Bertz CT molecular complexity index is 1340. The largest absolute Gasteiger partial charge is 0.462 e. The summed E-state index contributed by atoms with van der Waals surface area (Å²) in [6, 6.07) is 0. The molecule has 0 spiro atoms. The molecule has 1 unspecified atom stereocenters. The quantitative estimate of drug-likeness (QED) is 0.0199. The summed E-state index contributed by atoms with van der Waals surface area (Å²) >= 11 is 0. The maximum Gasteiger partial charge on any atom is 0.306 e. The number of hydrogen-bond acceptors (Lipinski definition) is 6. The number of allylic oxidation sites excluding steroid dienone is 18. The Morgan fingerprint density at radius 1 is 0.328 bits per heavy atom. The molecular formula is C58H94O6. The van der Waals surface area contributed by atoms with E-state index in [2.05, 4.69) is 130 Å². The zero-order valence-corrected chi connectivity index (χ0v) is 41.3. The van der Waals surface area contributed by atoms with E-state index in [1.807, 2.05) is 0 Å². The second-order valence-corrected chi connectivity index (χ2v) is 16.7. The molecule has 0 rings (SSSR count). The molecule has 0 N–H and O–H groups in total. The van der Waals surface area contributed by atoms with Gasteiger partial charge in [-0.2, -0.15) is 0 Å². The monoisotopic (exact) mass is 887 g/mol. The first-order valence-corrected chi connectivity index (χ1v) is 25.9. The summed E-state index contributed by atoms with van der Waals surface area (Å²) in [4.78, 5) is 38.0. The summed E-state index contributed by atoms with van der Waals surface area (Å²) in [7, 11) is 0. The third-order valence-corrected chi connectivity index (χ3v) is 10.6. The van der Waals surface area contributed by atoms with Crippen LogP contribution in [0.4, 0.5) is 0 Å². The van der Waals surface area contributed by atoms with Crippen molar-refractivity contribution < 1.29 is 28.6 Å². The van der Waals surface area contributed by atoms with Crippen LogP contribution in [0.1, 0.15) is 220 Å². The Morgan fingerprint density at radius 3 is 1.05 bits per heavy atom.